The molecule has 0 aromatic heterocycles. The van der Waals surface area contributed by atoms with Gasteiger partial charge in [0.2, 0.25) is 0 Å². The van der Waals surface area contributed by atoms with Gasteiger partial charge in [0.25, 0.3) is 0 Å². The number of ether oxygens (including phenoxy) is 1. The van der Waals surface area contributed by atoms with Gasteiger partial charge in [-0.25, -0.2) is 0 Å². The smallest absolute Gasteiger partial charge is 0.194 e. The molecule has 1 radical (unpaired) electrons. The lowest BCUT2D eigenvalue weighted by Gasteiger charge is -2.14. The molecule has 1 aromatic rings. The minimum absolute atomic E-state index is 0.701. The van der Waals surface area contributed by atoms with Crippen molar-refractivity contribution in [2.24, 2.45) is 0 Å². The molecule has 3 heteroatoms. The molecule has 1 rings (SSSR count). The second-order valence-corrected chi connectivity index (χ2v) is 6.15. The fourth-order valence-electron chi connectivity index (χ4n) is 1.78. The molecule has 19 heavy (non-hydrogen) atoms. The van der Waals surface area contributed by atoms with E-state index in [0.717, 1.165) is 49.2 Å². The van der Waals surface area contributed by atoms with Crippen LogP contribution in [0.1, 0.15) is 45.4 Å². The van der Waals surface area contributed by atoms with Gasteiger partial charge in [-0.3, -0.25) is 0 Å². The van der Waals surface area contributed by atoms with Crippen LogP contribution in [0.2, 0.25) is 0 Å². The van der Waals surface area contributed by atoms with Gasteiger partial charge in [0, 0.05) is 0 Å². The third-order valence-corrected chi connectivity index (χ3v) is 4.42. The van der Waals surface area contributed by atoms with E-state index >= 15 is 0 Å². The van der Waals surface area contributed by atoms with E-state index in [-0.39, 0.29) is 0 Å². The first-order valence-corrected chi connectivity index (χ1v) is 8.51. The van der Waals surface area contributed by atoms with E-state index in [9.17, 15) is 4.55 Å². The minimum Gasteiger partial charge on any atom is -0.611 e. The van der Waals surface area contributed by atoms with Crippen LogP contribution in [0, 0.1) is 6.92 Å². The van der Waals surface area contributed by atoms with Gasteiger partial charge < -0.3 is 9.29 Å². The number of benzene rings is 1. The highest BCUT2D eigenvalue weighted by molar-refractivity contribution is 7.91. The summed E-state index contributed by atoms with van der Waals surface area (Å²) in [5, 5.41) is 0. The fraction of sp³-hybridized carbons (Fsp3) is 0.562. The molecule has 1 atom stereocenters. The van der Waals surface area contributed by atoms with Crippen molar-refractivity contribution in [2.45, 2.75) is 50.3 Å². The number of hydrogen-bond acceptors (Lipinski definition) is 2. The quantitative estimate of drug-likeness (QED) is 0.471. The van der Waals surface area contributed by atoms with Crippen molar-refractivity contribution < 1.29 is 9.29 Å². The Hall–Kier alpha value is -0.670. The van der Waals surface area contributed by atoms with E-state index in [4.69, 9.17) is 4.74 Å². The van der Waals surface area contributed by atoms with E-state index in [1.807, 2.05) is 24.3 Å². The fourth-order valence-corrected chi connectivity index (χ4v) is 3.05. The monoisotopic (exact) mass is 281 g/mol. The molecule has 0 aliphatic carbocycles. The lowest BCUT2D eigenvalue weighted by molar-refractivity contribution is 0.301. The molecular weight excluding hydrogens is 256 g/mol. The SMILES string of the molecule is [CH2]CCCCC[S+]([O-])c1ccccc1OCCCC. The van der Waals surface area contributed by atoms with Crippen LogP contribution < -0.4 is 4.74 Å². The Morgan fingerprint density at radius 2 is 1.95 bits per heavy atom. The van der Waals surface area contributed by atoms with Gasteiger partial charge in [-0.1, -0.05) is 45.2 Å². The number of rotatable bonds is 10. The van der Waals surface area contributed by atoms with Crippen LogP contribution in [0.3, 0.4) is 0 Å². The summed E-state index contributed by atoms with van der Waals surface area (Å²) >= 11 is -0.949. The second-order valence-electron chi connectivity index (χ2n) is 4.61. The number of unbranched alkanes of at least 4 members (excludes halogenated alkanes) is 4. The average molecular weight is 281 g/mol. The standard InChI is InChI=1S/C16H25O2S/c1-3-5-7-10-14-19(17)16-12-9-8-11-15(16)18-13-6-4-2/h8-9,11-12H,1,3-7,10,13-14H2,2H3. The second kappa shape index (κ2) is 10.2. The average Bonchev–Trinajstić information content (AvgIpc) is 2.44. The van der Waals surface area contributed by atoms with Gasteiger partial charge in [0.15, 0.2) is 10.6 Å². The molecular formula is C16H25O2S. The number of para-hydroxylation sites is 1. The maximum atomic E-state index is 12.3. The zero-order valence-corrected chi connectivity index (χ0v) is 12.7. The summed E-state index contributed by atoms with van der Waals surface area (Å²) in [7, 11) is 0. The Morgan fingerprint density at radius 1 is 1.16 bits per heavy atom. The van der Waals surface area contributed by atoms with E-state index in [1.165, 1.54) is 0 Å². The molecule has 0 aliphatic heterocycles. The molecule has 0 saturated carbocycles. The molecule has 107 valence electrons. The zero-order chi connectivity index (χ0) is 13.9. The minimum atomic E-state index is -0.949. The lowest BCUT2D eigenvalue weighted by atomic mass is 10.2. The molecule has 0 aliphatic rings. The third kappa shape index (κ3) is 6.35. The van der Waals surface area contributed by atoms with Crippen molar-refractivity contribution in [2.75, 3.05) is 12.4 Å². The normalized spacial score (nSPS) is 12.4. The van der Waals surface area contributed by atoms with E-state index in [1.54, 1.807) is 0 Å². The van der Waals surface area contributed by atoms with Gasteiger partial charge in [0.05, 0.1) is 6.61 Å². The Balaban J connectivity index is 2.50. The Kier molecular flexibility index (Phi) is 8.76. The Bertz CT molecular complexity index is 341. The van der Waals surface area contributed by atoms with Crippen LogP contribution in [0.25, 0.3) is 0 Å². The molecule has 0 spiro atoms. The largest absolute Gasteiger partial charge is 0.611 e. The van der Waals surface area contributed by atoms with Crippen molar-refractivity contribution in [3.8, 4) is 5.75 Å². The van der Waals surface area contributed by atoms with Crippen molar-refractivity contribution in [3.05, 3.63) is 31.2 Å². The Labute approximate surface area is 120 Å². The maximum absolute atomic E-state index is 12.3. The summed E-state index contributed by atoms with van der Waals surface area (Å²) in [4.78, 5) is 0.841. The molecule has 0 fully saturated rings. The third-order valence-electron chi connectivity index (χ3n) is 2.93. The molecule has 1 aromatic carbocycles. The summed E-state index contributed by atoms with van der Waals surface area (Å²) in [5.41, 5.74) is 0. The van der Waals surface area contributed by atoms with E-state index in [0.29, 0.717) is 12.4 Å². The topological polar surface area (TPSA) is 32.3 Å². The van der Waals surface area contributed by atoms with Crippen LogP contribution in [-0.2, 0) is 11.2 Å². The van der Waals surface area contributed by atoms with Gasteiger partial charge in [0.1, 0.15) is 5.75 Å². The summed E-state index contributed by atoms with van der Waals surface area (Å²) < 4.78 is 18.0. The van der Waals surface area contributed by atoms with Gasteiger partial charge in [-0.2, -0.15) is 0 Å². The molecule has 0 heterocycles. The van der Waals surface area contributed by atoms with Gasteiger partial charge in [-0.05, 0) is 42.6 Å². The predicted octanol–water partition coefficient (Wildman–Crippen LogP) is 4.37. The molecule has 0 amide bonds. The van der Waals surface area contributed by atoms with E-state index in [2.05, 4.69) is 13.8 Å². The van der Waals surface area contributed by atoms with Crippen molar-refractivity contribution in [1.29, 1.82) is 0 Å². The molecule has 1 unspecified atom stereocenters. The first kappa shape index (κ1) is 16.4. The van der Waals surface area contributed by atoms with Crippen molar-refractivity contribution in [1.82, 2.24) is 0 Å². The first-order chi connectivity index (χ1) is 9.29. The summed E-state index contributed by atoms with van der Waals surface area (Å²) in [6.07, 6.45) is 6.31. The zero-order valence-electron chi connectivity index (χ0n) is 11.9. The molecule has 0 saturated heterocycles. The molecule has 0 N–H and O–H groups in total. The maximum Gasteiger partial charge on any atom is 0.194 e. The highest BCUT2D eigenvalue weighted by atomic mass is 32.2. The highest BCUT2D eigenvalue weighted by Crippen LogP contribution is 2.25. The summed E-state index contributed by atoms with van der Waals surface area (Å²) in [6, 6.07) is 7.69. The lowest BCUT2D eigenvalue weighted by Crippen LogP contribution is -2.09. The van der Waals surface area contributed by atoms with Crippen LogP contribution in [0.15, 0.2) is 29.2 Å². The van der Waals surface area contributed by atoms with Crippen LogP contribution in [0.4, 0.5) is 0 Å². The molecule has 0 bridgehead atoms. The summed E-state index contributed by atoms with van der Waals surface area (Å²) in [5.74, 6) is 1.50. The van der Waals surface area contributed by atoms with Crippen LogP contribution in [-0.4, -0.2) is 16.9 Å². The highest BCUT2D eigenvalue weighted by Gasteiger charge is 2.16. The Morgan fingerprint density at radius 3 is 2.68 bits per heavy atom. The number of hydrogen-bond donors (Lipinski definition) is 0. The van der Waals surface area contributed by atoms with Crippen LogP contribution in [0.5, 0.6) is 5.75 Å². The predicted molar refractivity (Wildman–Crippen MR) is 81.9 cm³/mol. The molecule has 2 nitrogen and oxygen atoms in total. The van der Waals surface area contributed by atoms with Gasteiger partial charge >= 0.3 is 0 Å². The van der Waals surface area contributed by atoms with Crippen molar-refractivity contribution >= 4 is 11.2 Å². The van der Waals surface area contributed by atoms with Gasteiger partial charge in [-0.15, -0.1) is 0 Å². The van der Waals surface area contributed by atoms with E-state index < -0.39 is 11.2 Å². The summed E-state index contributed by atoms with van der Waals surface area (Å²) in [6.45, 7) is 6.66. The first-order valence-electron chi connectivity index (χ1n) is 7.19. The van der Waals surface area contributed by atoms with Crippen LogP contribution >= 0.6 is 0 Å². The van der Waals surface area contributed by atoms with Crippen molar-refractivity contribution in [3.63, 3.8) is 0 Å².